The van der Waals surface area contributed by atoms with Crippen LogP contribution >= 0.6 is 23.2 Å². The van der Waals surface area contributed by atoms with Gasteiger partial charge in [0, 0.05) is 0 Å². The summed E-state index contributed by atoms with van der Waals surface area (Å²) in [6.07, 6.45) is 14.4. The van der Waals surface area contributed by atoms with Gasteiger partial charge in [-0.3, -0.25) is 4.99 Å². The topological polar surface area (TPSA) is 21.6 Å². The summed E-state index contributed by atoms with van der Waals surface area (Å²) in [5.41, 5.74) is 8.23. The number of hydrogen-bond acceptors (Lipinski definition) is 2. The Kier molecular flexibility index (Phi) is 9.03. The van der Waals surface area contributed by atoms with E-state index in [2.05, 4.69) is 62.0 Å². The molecule has 1 aromatic rings. The average molecular weight is 495 g/mol. The SMILES string of the molecule is C=C(CCC1(CCC)Cc2ccccc2[C@H]1C)C1=CC=C=C(OC(/C=C\C)=C(\Cl)C(=C)Cl)C=N1. The fourth-order valence-corrected chi connectivity index (χ4v) is 5.17. The summed E-state index contributed by atoms with van der Waals surface area (Å²) in [5.74, 6) is 1.37. The summed E-state index contributed by atoms with van der Waals surface area (Å²) >= 11 is 12.2. The van der Waals surface area contributed by atoms with Crippen molar-refractivity contribution in [3.8, 4) is 0 Å². The van der Waals surface area contributed by atoms with Gasteiger partial charge in [-0.1, -0.05) is 92.7 Å². The maximum Gasteiger partial charge on any atom is 0.188 e. The van der Waals surface area contributed by atoms with Crippen LogP contribution in [-0.4, -0.2) is 6.21 Å². The van der Waals surface area contributed by atoms with E-state index in [4.69, 9.17) is 27.9 Å². The van der Waals surface area contributed by atoms with Crippen molar-refractivity contribution in [1.82, 2.24) is 0 Å². The van der Waals surface area contributed by atoms with E-state index in [1.807, 2.05) is 19.1 Å². The molecular formula is C30H33Cl2NO. The minimum Gasteiger partial charge on any atom is -0.446 e. The Morgan fingerprint density at radius 1 is 1.26 bits per heavy atom. The van der Waals surface area contributed by atoms with Gasteiger partial charge in [0.15, 0.2) is 5.76 Å². The molecule has 2 atom stereocenters. The molecule has 0 saturated carbocycles. The molecule has 1 aliphatic carbocycles. The van der Waals surface area contributed by atoms with Crippen molar-refractivity contribution in [2.24, 2.45) is 10.4 Å². The lowest BCUT2D eigenvalue weighted by Gasteiger charge is -2.34. The molecule has 0 fully saturated rings. The van der Waals surface area contributed by atoms with Gasteiger partial charge in [0.05, 0.1) is 16.9 Å². The monoisotopic (exact) mass is 493 g/mol. The summed E-state index contributed by atoms with van der Waals surface area (Å²) < 4.78 is 5.88. The Morgan fingerprint density at radius 3 is 2.71 bits per heavy atom. The van der Waals surface area contributed by atoms with Gasteiger partial charge in [-0.05, 0) is 78.9 Å². The quantitative estimate of drug-likeness (QED) is 0.180. The van der Waals surface area contributed by atoms with Crippen LogP contribution in [-0.2, 0) is 11.2 Å². The number of halogens is 2. The maximum atomic E-state index is 6.24. The van der Waals surface area contributed by atoms with Crippen LogP contribution in [0.5, 0.6) is 0 Å². The summed E-state index contributed by atoms with van der Waals surface area (Å²) in [5, 5.41) is 0.457. The van der Waals surface area contributed by atoms with Crippen molar-refractivity contribution in [2.45, 2.75) is 58.8 Å². The Morgan fingerprint density at radius 2 is 2.03 bits per heavy atom. The molecule has 0 amide bonds. The fourth-order valence-electron chi connectivity index (χ4n) is 4.97. The molecule has 1 heterocycles. The molecule has 34 heavy (non-hydrogen) atoms. The van der Waals surface area contributed by atoms with Gasteiger partial charge in [0.25, 0.3) is 0 Å². The highest BCUT2D eigenvalue weighted by atomic mass is 35.5. The lowest BCUT2D eigenvalue weighted by atomic mass is 9.70. The predicted molar refractivity (Wildman–Crippen MR) is 146 cm³/mol. The van der Waals surface area contributed by atoms with Crippen LogP contribution < -0.4 is 0 Å². The first-order chi connectivity index (χ1) is 16.3. The predicted octanol–water partition coefficient (Wildman–Crippen LogP) is 9.27. The van der Waals surface area contributed by atoms with E-state index in [1.165, 1.54) is 24.0 Å². The number of rotatable bonds is 10. The van der Waals surface area contributed by atoms with Crippen LogP contribution in [0.4, 0.5) is 0 Å². The van der Waals surface area contributed by atoms with Crippen LogP contribution in [0.25, 0.3) is 0 Å². The molecule has 4 heteroatoms. The van der Waals surface area contributed by atoms with Crippen molar-refractivity contribution >= 4 is 29.4 Å². The molecule has 3 rings (SSSR count). The van der Waals surface area contributed by atoms with Crippen LogP contribution in [0.3, 0.4) is 0 Å². The number of ether oxygens (including phenoxy) is 1. The van der Waals surface area contributed by atoms with Crippen molar-refractivity contribution in [2.75, 3.05) is 0 Å². The zero-order valence-electron chi connectivity index (χ0n) is 20.3. The van der Waals surface area contributed by atoms with Gasteiger partial charge in [-0.25, -0.2) is 0 Å². The zero-order chi connectivity index (χ0) is 24.7. The van der Waals surface area contributed by atoms with Gasteiger partial charge < -0.3 is 4.74 Å². The number of benzene rings is 1. The van der Waals surface area contributed by atoms with Crippen molar-refractivity contribution in [1.29, 1.82) is 0 Å². The Balaban J connectivity index is 1.69. The zero-order valence-corrected chi connectivity index (χ0v) is 21.8. The first kappa shape index (κ1) is 26.1. The number of nitrogens with zero attached hydrogens (tertiary/aromatic N) is 1. The van der Waals surface area contributed by atoms with E-state index >= 15 is 0 Å². The van der Waals surface area contributed by atoms with Gasteiger partial charge in [0.1, 0.15) is 10.8 Å². The minimum atomic E-state index is 0.210. The molecule has 2 nitrogen and oxygen atoms in total. The summed E-state index contributed by atoms with van der Waals surface area (Å²) in [7, 11) is 0. The number of hydrogen-bond donors (Lipinski definition) is 0. The molecule has 0 spiro atoms. The molecule has 0 aromatic heterocycles. The highest BCUT2D eigenvalue weighted by Gasteiger charge is 2.42. The average Bonchev–Trinajstić information content (AvgIpc) is 2.95. The van der Waals surface area contributed by atoms with Gasteiger partial charge >= 0.3 is 0 Å². The summed E-state index contributed by atoms with van der Waals surface area (Å²) in [6, 6.07) is 8.90. The molecule has 1 unspecified atom stereocenters. The summed E-state index contributed by atoms with van der Waals surface area (Å²) in [6.45, 7) is 14.6. The van der Waals surface area contributed by atoms with E-state index in [0.29, 0.717) is 17.4 Å². The van der Waals surface area contributed by atoms with E-state index in [9.17, 15) is 0 Å². The van der Waals surface area contributed by atoms with Crippen LogP contribution in [0.2, 0.25) is 0 Å². The molecule has 1 aromatic carbocycles. The second-order valence-electron chi connectivity index (χ2n) is 8.98. The highest BCUT2D eigenvalue weighted by Crippen LogP contribution is 2.53. The van der Waals surface area contributed by atoms with Crippen LogP contribution in [0.15, 0.2) is 105 Å². The lowest BCUT2D eigenvalue weighted by Crippen LogP contribution is -2.25. The van der Waals surface area contributed by atoms with E-state index in [-0.39, 0.29) is 15.5 Å². The number of allylic oxidation sites excluding steroid dienone is 7. The van der Waals surface area contributed by atoms with Crippen molar-refractivity contribution in [3.63, 3.8) is 0 Å². The molecule has 1 aliphatic heterocycles. The minimum absolute atomic E-state index is 0.210. The third-order valence-corrected chi connectivity index (χ3v) is 7.50. The van der Waals surface area contributed by atoms with E-state index in [0.717, 1.165) is 30.5 Å². The molecule has 0 bridgehead atoms. The van der Waals surface area contributed by atoms with Crippen molar-refractivity contribution < 1.29 is 4.74 Å². The van der Waals surface area contributed by atoms with Gasteiger partial charge in [0.2, 0.25) is 0 Å². The lowest BCUT2D eigenvalue weighted by molar-refractivity contribution is 0.211. The largest absolute Gasteiger partial charge is 0.446 e. The van der Waals surface area contributed by atoms with E-state index < -0.39 is 0 Å². The third-order valence-electron chi connectivity index (χ3n) is 6.80. The van der Waals surface area contributed by atoms with Crippen LogP contribution in [0, 0.1) is 5.41 Å². The first-order valence-corrected chi connectivity index (χ1v) is 12.6. The highest BCUT2D eigenvalue weighted by molar-refractivity contribution is 6.43. The third kappa shape index (κ3) is 5.94. The smallest absolute Gasteiger partial charge is 0.188 e. The molecular weight excluding hydrogens is 461 g/mol. The standard InChI is InChI=1S/C30H33Cl2NO/c1-6-11-28(29(32)23(5)31)34-25-13-10-15-27(33-20-25)21(3)16-18-30(17-7-2)19-24-12-8-9-14-26(24)22(30)4/h6,8-12,14-15,20,22H,3,5,7,16-19H2,1-2,4H3/b11-6-,29-28-/t22-,30?/m1/s1. The van der Waals surface area contributed by atoms with Gasteiger partial charge in [-0.2, -0.15) is 0 Å². The van der Waals surface area contributed by atoms with Crippen LogP contribution in [0.1, 0.15) is 63.5 Å². The molecule has 0 radical (unpaired) electrons. The number of fused-ring (bicyclic) bond motifs is 1. The second-order valence-corrected chi connectivity index (χ2v) is 9.82. The molecule has 178 valence electrons. The Bertz CT molecular complexity index is 1140. The molecule has 0 N–H and O–H groups in total. The Hall–Kier alpha value is -2.51. The second kappa shape index (κ2) is 11.8. The first-order valence-electron chi connectivity index (χ1n) is 11.8. The summed E-state index contributed by atoms with van der Waals surface area (Å²) in [4.78, 5) is 4.63. The molecule has 2 aliphatic rings. The maximum absolute atomic E-state index is 6.24. The number of aliphatic imine (C=N–C) groups is 1. The van der Waals surface area contributed by atoms with Gasteiger partial charge in [-0.15, -0.1) is 0 Å². The normalized spacial score (nSPS) is 22.1. The van der Waals surface area contributed by atoms with Crippen molar-refractivity contribution in [3.05, 3.63) is 111 Å². The van der Waals surface area contributed by atoms with E-state index in [1.54, 1.807) is 18.4 Å². The fraction of sp³-hybridized carbons (Fsp3) is 0.333. The molecule has 0 saturated heterocycles. The Labute approximate surface area is 214 Å².